The van der Waals surface area contributed by atoms with Crippen molar-refractivity contribution in [2.24, 2.45) is 0 Å². The summed E-state index contributed by atoms with van der Waals surface area (Å²) < 4.78 is 14.9. The summed E-state index contributed by atoms with van der Waals surface area (Å²) in [5.41, 5.74) is 7.72. The minimum Gasteiger partial charge on any atom is -0.465 e. The van der Waals surface area contributed by atoms with Crippen LogP contribution in [0, 0.1) is 0 Å². The van der Waals surface area contributed by atoms with Crippen LogP contribution in [0.25, 0.3) is 44.7 Å². The molecule has 3 atom stereocenters. The molecular weight excluding hydrogens is 626 g/mol. The first-order valence-corrected chi connectivity index (χ1v) is 17.6. The standard InChI is InChI=1S/C40H41N7O3/c1-40(2,3)50-39(48)46-18-8-12-33(46)37-43-23-31(45-37)26-13-15-28-34-20-27-19-25(30-22-42-36(44-30)29-11-7-17-41-29)14-16-32(27)47(34)38(49-35(28)21-26)24-9-5-4-6-10-24/h4-6,9-10,13-16,19-23,29,33,38,41H,7-8,11-12,17-18H2,1-3H3,(H,42,44)(H,43,45). The third-order valence-electron chi connectivity index (χ3n) is 10.1. The Hall–Kier alpha value is -5.35. The highest BCUT2D eigenvalue weighted by molar-refractivity contribution is 5.92. The second kappa shape index (κ2) is 11.9. The van der Waals surface area contributed by atoms with Gasteiger partial charge in [-0.1, -0.05) is 42.5 Å². The summed E-state index contributed by atoms with van der Waals surface area (Å²) in [6.07, 6.45) is 7.18. The largest absolute Gasteiger partial charge is 0.465 e. The van der Waals surface area contributed by atoms with Gasteiger partial charge in [-0.25, -0.2) is 14.8 Å². The number of nitrogens with zero attached hydrogens (tertiary/aromatic N) is 4. The molecule has 2 saturated heterocycles. The van der Waals surface area contributed by atoms with Crippen molar-refractivity contribution < 1.29 is 14.3 Å². The highest BCUT2D eigenvalue weighted by Gasteiger charge is 2.35. The summed E-state index contributed by atoms with van der Waals surface area (Å²) in [6.45, 7) is 7.37. The second-order valence-corrected chi connectivity index (χ2v) is 14.6. The molecule has 10 heteroatoms. The average molecular weight is 668 g/mol. The van der Waals surface area contributed by atoms with Crippen molar-refractivity contribution in [3.05, 3.63) is 102 Å². The Bertz CT molecular complexity index is 2200. The SMILES string of the molecule is CC(C)(C)OC(=O)N1CCCC1c1ncc(-c2ccc3c(c2)OC(c2ccccc2)n2c-3cc3cc(-c4cnc(C5CCCN5)[nH]4)ccc32)[nH]1. The third-order valence-corrected chi connectivity index (χ3v) is 10.1. The molecule has 3 aliphatic rings. The van der Waals surface area contributed by atoms with Crippen molar-refractivity contribution in [1.82, 2.24) is 34.7 Å². The van der Waals surface area contributed by atoms with Gasteiger partial charge in [0, 0.05) is 34.2 Å². The normalized spacial score (nSPS) is 20.1. The Balaban J connectivity index is 1.06. The van der Waals surface area contributed by atoms with Crippen LogP contribution in [0.5, 0.6) is 5.75 Å². The van der Waals surface area contributed by atoms with Crippen LogP contribution >= 0.6 is 0 Å². The van der Waals surface area contributed by atoms with E-state index in [2.05, 4.69) is 86.6 Å². The molecule has 1 amide bonds. The number of hydrogen-bond donors (Lipinski definition) is 3. The summed E-state index contributed by atoms with van der Waals surface area (Å²) >= 11 is 0. The quantitative estimate of drug-likeness (QED) is 0.170. The number of benzene rings is 3. The molecule has 10 nitrogen and oxygen atoms in total. The smallest absolute Gasteiger partial charge is 0.410 e. The maximum atomic E-state index is 13.0. The first kappa shape index (κ1) is 30.7. The van der Waals surface area contributed by atoms with Crippen LogP contribution in [0.4, 0.5) is 4.79 Å². The highest BCUT2D eigenvalue weighted by Crippen LogP contribution is 2.46. The molecule has 0 bridgehead atoms. The molecule has 3 N–H and O–H groups in total. The number of nitrogens with one attached hydrogen (secondary N) is 3. The van der Waals surface area contributed by atoms with Gasteiger partial charge in [0.2, 0.25) is 6.23 Å². The van der Waals surface area contributed by atoms with Gasteiger partial charge in [0.15, 0.2) is 0 Å². The minimum absolute atomic E-state index is 0.150. The number of H-pyrrole nitrogens is 2. The molecule has 3 aromatic carbocycles. The maximum Gasteiger partial charge on any atom is 0.410 e. The number of hydrogen-bond acceptors (Lipinski definition) is 6. The minimum atomic E-state index is -0.552. The summed E-state index contributed by atoms with van der Waals surface area (Å²) in [4.78, 5) is 31.3. The van der Waals surface area contributed by atoms with Gasteiger partial charge in [0.1, 0.15) is 23.0 Å². The number of carbonyl (C=O) groups excluding carboxylic acids is 1. The van der Waals surface area contributed by atoms with E-state index < -0.39 is 5.60 Å². The molecule has 0 spiro atoms. The summed E-state index contributed by atoms with van der Waals surface area (Å²) in [5, 5.41) is 4.67. The van der Waals surface area contributed by atoms with Crippen LogP contribution in [-0.2, 0) is 4.74 Å². The molecule has 3 unspecified atom stereocenters. The molecule has 50 heavy (non-hydrogen) atoms. The molecule has 0 radical (unpaired) electrons. The Kier molecular flexibility index (Phi) is 7.31. The molecule has 0 aliphatic carbocycles. The molecule has 3 aliphatic heterocycles. The Morgan fingerprint density at radius 3 is 2.42 bits per heavy atom. The van der Waals surface area contributed by atoms with Crippen LogP contribution in [-0.4, -0.2) is 54.2 Å². The van der Waals surface area contributed by atoms with Gasteiger partial charge in [0.05, 0.1) is 47.1 Å². The number of aromatic amines is 2. The predicted octanol–water partition coefficient (Wildman–Crippen LogP) is 8.52. The molecule has 254 valence electrons. The first-order valence-electron chi connectivity index (χ1n) is 17.6. The predicted molar refractivity (Wildman–Crippen MR) is 193 cm³/mol. The number of fused-ring (bicyclic) bond motifs is 5. The van der Waals surface area contributed by atoms with Crippen LogP contribution in [0.3, 0.4) is 0 Å². The Morgan fingerprint density at radius 1 is 0.880 bits per heavy atom. The van der Waals surface area contributed by atoms with Crippen LogP contribution in [0.15, 0.2) is 85.2 Å². The van der Waals surface area contributed by atoms with E-state index in [4.69, 9.17) is 19.4 Å². The zero-order valence-electron chi connectivity index (χ0n) is 28.6. The number of ether oxygens (including phenoxy) is 2. The fourth-order valence-electron chi connectivity index (χ4n) is 7.69. The summed E-state index contributed by atoms with van der Waals surface area (Å²) in [5.74, 6) is 2.58. The van der Waals surface area contributed by atoms with E-state index in [-0.39, 0.29) is 18.4 Å². The van der Waals surface area contributed by atoms with E-state index in [0.29, 0.717) is 12.6 Å². The lowest BCUT2D eigenvalue weighted by Gasteiger charge is -2.30. The van der Waals surface area contributed by atoms with Gasteiger partial charge in [-0.05, 0) is 83.3 Å². The van der Waals surface area contributed by atoms with Gasteiger partial charge in [0.25, 0.3) is 0 Å². The topological polar surface area (TPSA) is 113 Å². The number of likely N-dealkylation sites (tertiary alicyclic amines) is 1. The van der Waals surface area contributed by atoms with Crippen molar-refractivity contribution in [2.45, 2.75) is 70.4 Å². The van der Waals surface area contributed by atoms with Crippen LogP contribution < -0.4 is 10.1 Å². The lowest BCUT2D eigenvalue weighted by Crippen LogP contribution is -2.36. The van der Waals surface area contributed by atoms with Crippen LogP contribution in [0.2, 0.25) is 0 Å². The zero-order chi connectivity index (χ0) is 34.0. The van der Waals surface area contributed by atoms with Crippen molar-refractivity contribution in [1.29, 1.82) is 0 Å². The van der Waals surface area contributed by atoms with E-state index in [9.17, 15) is 4.79 Å². The monoisotopic (exact) mass is 667 g/mol. The average Bonchev–Trinajstić information content (AvgIpc) is 3.96. The first-order chi connectivity index (χ1) is 24.3. The van der Waals surface area contributed by atoms with Gasteiger partial charge in [-0.3, -0.25) is 4.90 Å². The number of aromatic nitrogens is 5. The molecular formula is C40H41N7O3. The highest BCUT2D eigenvalue weighted by atomic mass is 16.6. The van der Waals surface area contributed by atoms with Gasteiger partial charge in [-0.15, -0.1) is 0 Å². The number of imidazole rings is 2. The molecule has 6 heterocycles. The number of carbonyl (C=O) groups is 1. The van der Waals surface area contributed by atoms with E-state index in [1.54, 1.807) is 4.90 Å². The maximum absolute atomic E-state index is 13.0. The molecule has 6 aromatic rings. The van der Waals surface area contributed by atoms with Crippen molar-refractivity contribution in [3.8, 4) is 39.5 Å². The van der Waals surface area contributed by atoms with Gasteiger partial charge < -0.3 is 29.3 Å². The lowest BCUT2D eigenvalue weighted by molar-refractivity contribution is 0.0218. The Morgan fingerprint density at radius 2 is 1.64 bits per heavy atom. The van der Waals surface area contributed by atoms with E-state index >= 15 is 0 Å². The second-order valence-electron chi connectivity index (χ2n) is 14.6. The number of rotatable bonds is 5. The van der Waals surface area contributed by atoms with E-state index in [1.807, 2.05) is 39.2 Å². The lowest BCUT2D eigenvalue weighted by atomic mass is 10.0. The van der Waals surface area contributed by atoms with E-state index in [0.717, 1.165) is 93.4 Å². The fraction of sp³-hybridized carbons (Fsp3) is 0.325. The van der Waals surface area contributed by atoms with Gasteiger partial charge >= 0.3 is 6.09 Å². The fourth-order valence-corrected chi connectivity index (χ4v) is 7.69. The molecule has 0 saturated carbocycles. The molecule has 9 rings (SSSR count). The number of amides is 1. The zero-order valence-corrected chi connectivity index (χ0v) is 28.6. The van der Waals surface area contributed by atoms with Crippen LogP contribution in [0.1, 0.15) is 82.0 Å². The Labute approximate surface area is 290 Å². The van der Waals surface area contributed by atoms with Crippen molar-refractivity contribution >= 4 is 17.0 Å². The van der Waals surface area contributed by atoms with Crippen molar-refractivity contribution in [3.63, 3.8) is 0 Å². The third kappa shape index (κ3) is 5.44. The van der Waals surface area contributed by atoms with E-state index in [1.165, 1.54) is 6.42 Å². The summed E-state index contributed by atoms with van der Waals surface area (Å²) in [7, 11) is 0. The molecule has 3 aromatic heterocycles. The summed E-state index contributed by atoms with van der Waals surface area (Å²) in [6, 6.07) is 25.7. The molecule has 2 fully saturated rings. The van der Waals surface area contributed by atoms with Crippen molar-refractivity contribution in [2.75, 3.05) is 13.1 Å². The van der Waals surface area contributed by atoms with Gasteiger partial charge in [-0.2, -0.15) is 0 Å².